The number of amides is 1. The number of nitrogens with zero attached hydrogens (tertiary/aromatic N) is 1. The molecule has 168 valence electrons. The topological polar surface area (TPSA) is 86.5 Å². The zero-order valence-corrected chi connectivity index (χ0v) is 18.4. The molecule has 0 spiro atoms. The second-order valence-electron chi connectivity index (χ2n) is 9.39. The van der Waals surface area contributed by atoms with Crippen LogP contribution in [0.1, 0.15) is 56.9 Å². The molecule has 5 rings (SSSR count). The van der Waals surface area contributed by atoms with E-state index in [-0.39, 0.29) is 29.7 Å². The number of furan rings is 1. The van der Waals surface area contributed by atoms with Gasteiger partial charge in [-0.1, -0.05) is 25.5 Å². The molecule has 6 nitrogen and oxygen atoms in total. The van der Waals surface area contributed by atoms with E-state index in [0.717, 1.165) is 66.4 Å². The lowest BCUT2D eigenvalue weighted by molar-refractivity contribution is -0.152. The van der Waals surface area contributed by atoms with Crippen LogP contribution < -0.4 is 0 Å². The number of aromatic amines is 1. The van der Waals surface area contributed by atoms with Crippen LogP contribution in [0.4, 0.5) is 0 Å². The molecule has 2 fully saturated rings. The van der Waals surface area contributed by atoms with Crippen molar-refractivity contribution in [1.29, 1.82) is 0 Å². The minimum absolute atomic E-state index is 0.0339. The Balaban J connectivity index is 1.38. The number of carbonyl (C=O) groups is 2. The van der Waals surface area contributed by atoms with Crippen molar-refractivity contribution in [3.05, 3.63) is 48.4 Å². The maximum absolute atomic E-state index is 13.4. The summed E-state index contributed by atoms with van der Waals surface area (Å²) in [6.45, 7) is 2.84. The van der Waals surface area contributed by atoms with Crippen LogP contribution in [0.3, 0.4) is 0 Å². The second kappa shape index (κ2) is 8.49. The van der Waals surface area contributed by atoms with Crippen molar-refractivity contribution in [1.82, 2.24) is 9.88 Å². The Labute approximate surface area is 187 Å². The SMILES string of the molecule is C[C@@H](CC(=O)N1CCCC2C(C(=O)O)CCCC21)c1c[nH]c2cccc(-c3ccco3)c12. The van der Waals surface area contributed by atoms with Gasteiger partial charge >= 0.3 is 5.97 Å². The second-order valence-corrected chi connectivity index (χ2v) is 9.39. The number of carboxylic acids is 1. The zero-order chi connectivity index (χ0) is 22.2. The van der Waals surface area contributed by atoms with E-state index in [2.05, 4.69) is 18.0 Å². The summed E-state index contributed by atoms with van der Waals surface area (Å²) in [4.78, 5) is 30.6. The summed E-state index contributed by atoms with van der Waals surface area (Å²) < 4.78 is 5.66. The van der Waals surface area contributed by atoms with Crippen molar-refractivity contribution in [2.75, 3.05) is 6.54 Å². The van der Waals surface area contributed by atoms with Gasteiger partial charge in [-0.2, -0.15) is 0 Å². The van der Waals surface area contributed by atoms with E-state index in [9.17, 15) is 14.7 Å². The first kappa shape index (κ1) is 20.9. The molecule has 2 aliphatic rings. The highest BCUT2D eigenvalue weighted by Crippen LogP contribution is 2.41. The summed E-state index contributed by atoms with van der Waals surface area (Å²) in [5, 5.41) is 10.8. The number of fused-ring (bicyclic) bond motifs is 2. The number of aliphatic carboxylic acids is 1. The summed E-state index contributed by atoms with van der Waals surface area (Å²) >= 11 is 0. The fourth-order valence-corrected chi connectivity index (χ4v) is 6.03. The van der Waals surface area contributed by atoms with E-state index in [1.54, 1.807) is 6.26 Å². The number of likely N-dealkylation sites (tertiary alicyclic amines) is 1. The maximum atomic E-state index is 13.4. The van der Waals surface area contributed by atoms with E-state index in [4.69, 9.17) is 4.42 Å². The first-order chi connectivity index (χ1) is 15.5. The summed E-state index contributed by atoms with van der Waals surface area (Å²) in [6, 6.07) is 10.0. The Morgan fingerprint density at radius 1 is 1.19 bits per heavy atom. The molecular formula is C26H30N2O4. The van der Waals surface area contributed by atoms with Crippen LogP contribution in [-0.2, 0) is 9.59 Å². The molecule has 2 aromatic heterocycles. The van der Waals surface area contributed by atoms with E-state index in [1.165, 1.54) is 0 Å². The van der Waals surface area contributed by atoms with Crippen LogP contribution in [0.2, 0.25) is 0 Å². The lowest BCUT2D eigenvalue weighted by Crippen LogP contribution is -2.53. The number of hydrogen-bond donors (Lipinski definition) is 2. The highest BCUT2D eigenvalue weighted by molar-refractivity contribution is 5.97. The van der Waals surface area contributed by atoms with Crippen molar-refractivity contribution < 1.29 is 19.1 Å². The Morgan fingerprint density at radius 2 is 2.06 bits per heavy atom. The van der Waals surface area contributed by atoms with Crippen molar-refractivity contribution in [3.63, 3.8) is 0 Å². The number of carbonyl (C=O) groups excluding carboxylic acids is 1. The van der Waals surface area contributed by atoms with Crippen LogP contribution >= 0.6 is 0 Å². The number of H-pyrrole nitrogens is 1. The van der Waals surface area contributed by atoms with Gasteiger partial charge in [-0.25, -0.2) is 0 Å². The van der Waals surface area contributed by atoms with E-state index < -0.39 is 5.97 Å². The summed E-state index contributed by atoms with van der Waals surface area (Å²) in [7, 11) is 0. The molecule has 6 heteroatoms. The van der Waals surface area contributed by atoms with Crippen LogP contribution in [0.15, 0.2) is 47.2 Å². The molecule has 2 N–H and O–H groups in total. The summed E-state index contributed by atoms with van der Waals surface area (Å²) in [5.41, 5.74) is 3.17. The van der Waals surface area contributed by atoms with Gasteiger partial charge in [0.15, 0.2) is 0 Å². The first-order valence-corrected chi connectivity index (χ1v) is 11.7. The average molecular weight is 435 g/mol. The van der Waals surface area contributed by atoms with Gasteiger partial charge in [0.25, 0.3) is 0 Å². The van der Waals surface area contributed by atoms with Crippen molar-refractivity contribution in [2.24, 2.45) is 11.8 Å². The first-order valence-electron chi connectivity index (χ1n) is 11.7. The number of aromatic nitrogens is 1. The Hall–Kier alpha value is -3.02. The van der Waals surface area contributed by atoms with Gasteiger partial charge in [-0.15, -0.1) is 0 Å². The minimum atomic E-state index is -0.702. The van der Waals surface area contributed by atoms with Gasteiger partial charge in [0.05, 0.1) is 12.2 Å². The molecule has 1 saturated heterocycles. The smallest absolute Gasteiger partial charge is 0.306 e. The molecule has 1 aliphatic carbocycles. The molecule has 0 bridgehead atoms. The molecular weight excluding hydrogens is 404 g/mol. The normalized spacial score (nSPS) is 24.3. The fraction of sp³-hybridized carbons (Fsp3) is 0.462. The number of benzene rings is 1. The molecule has 1 aliphatic heterocycles. The maximum Gasteiger partial charge on any atom is 0.306 e. The Bertz CT molecular complexity index is 1120. The van der Waals surface area contributed by atoms with Crippen LogP contribution in [0, 0.1) is 11.8 Å². The van der Waals surface area contributed by atoms with Gasteiger partial charge in [0.1, 0.15) is 5.76 Å². The predicted molar refractivity (Wildman–Crippen MR) is 122 cm³/mol. The molecule has 4 atom stereocenters. The summed E-state index contributed by atoms with van der Waals surface area (Å²) in [6.07, 6.45) is 8.44. The zero-order valence-electron chi connectivity index (χ0n) is 18.4. The number of hydrogen-bond acceptors (Lipinski definition) is 3. The number of rotatable bonds is 5. The molecule has 3 aromatic rings. The summed E-state index contributed by atoms with van der Waals surface area (Å²) in [5.74, 6) is 0.0659. The molecule has 1 amide bonds. The lowest BCUT2D eigenvalue weighted by atomic mass is 9.71. The van der Waals surface area contributed by atoms with Gasteiger partial charge in [0.2, 0.25) is 5.91 Å². The largest absolute Gasteiger partial charge is 0.481 e. The van der Waals surface area contributed by atoms with E-state index in [1.807, 2.05) is 35.4 Å². The Morgan fingerprint density at radius 3 is 2.84 bits per heavy atom. The molecule has 3 unspecified atom stereocenters. The fourth-order valence-electron chi connectivity index (χ4n) is 6.03. The number of carboxylic acid groups (broad SMARTS) is 1. The molecule has 0 radical (unpaired) electrons. The quantitative estimate of drug-likeness (QED) is 0.562. The number of piperidine rings is 1. The molecule has 3 heterocycles. The molecule has 1 aromatic carbocycles. The minimum Gasteiger partial charge on any atom is -0.481 e. The third-order valence-electron chi connectivity index (χ3n) is 7.54. The van der Waals surface area contributed by atoms with Crippen molar-refractivity contribution in [3.8, 4) is 11.3 Å². The predicted octanol–water partition coefficient (Wildman–Crippen LogP) is 5.41. The monoisotopic (exact) mass is 434 g/mol. The van der Waals surface area contributed by atoms with Gasteiger partial charge < -0.3 is 19.4 Å². The lowest BCUT2D eigenvalue weighted by Gasteiger charge is -2.46. The van der Waals surface area contributed by atoms with Crippen molar-refractivity contribution >= 4 is 22.8 Å². The molecule has 32 heavy (non-hydrogen) atoms. The van der Waals surface area contributed by atoms with Gasteiger partial charge in [-0.3, -0.25) is 9.59 Å². The van der Waals surface area contributed by atoms with E-state index in [0.29, 0.717) is 6.42 Å². The highest BCUT2D eigenvalue weighted by Gasteiger charge is 2.43. The standard InChI is InChI=1S/C26H30N2O4/c1-16(20-15-27-21-9-2-7-19(25(20)21)23-11-5-13-32-23)14-24(29)28-12-4-8-17-18(26(30)31)6-3-10-22(17)28/h2,5,7,9,11,13,15-18,22,27H,3-4,6,8,10,12,14H2,1H3,(H,30,31)/t16-,17?,18?,22?/m0/s1. The van der Waals surface area contributed by atoms with Gasteiger partial charge in [0, 0.05) is 41.7 Å². The van der Waals surface area contributed by atoms with Crippen molar-refractivity contribution in [2.45, 2.75) is 57.4 Å². The Kier molecular flexibility index (Phi) is 5.53. The number of nitrogens with one attached hydrogen (secondary N) is 1. The highest BCUT2D eigenvalue weighted by atomic mass is 16.4. The third kappa shape index (κ3) is 3.61. The van der Waals surface area contributed by atoms with Crippen LogP contribution in [-0.4, -0.2) is 39.5 Å². The van der Waals surface area contributed by atoms with Crippen LogP contribution in [0.5, 0.6) is 0 Å². The third-order valence-corrected chi connectivity index (χ3v) is 7.54. The van der Waals surface area contributed by atoms with E-state index >= 15 is 0 Å². The van der Waals surface area contributed by atoms with Gasteiger partial charge in [-0.05, 0) is 61.3 Å². The molecule has 1 saturated carbocycles. The van der Waals surface area contributed by atoms with Crippen LogP contribution in [0.25, 0.3) is 22.2 Å². The average Bonchev–Trinajstić information content (AvgIpc) is 3.48.